The highest BCUT2D eigenvalue weighted by Gasteiger charge is 2.07. The molecule has 0 spiro atoms. The summed E-state index contributed by atoms with van der Waals surface area (Å²) in [5.41, 5.74) is 12.5. The lowest BCUT2D eigenvalue weighted by Gasteiger charge is -2.16. The lowest BCUT2D eigenvalue weighted by molar-refractivity contribution is 1.06. The van der Waals surface area contributed by atoms with Gasteiger partial charge >= 0.3 is 0 Å². The van der Waals surface area contributed by atoms with Crippen LogP contribution in [0, 0.1) is 5.41 Å². The Bertz CT molecular complexity index is 613. The van der Waals surface area contributed by atoms with E-state index in [1.807, 2.05) is 36.1 Å². The molecule has 1 heterocycles. The number of nitrogens with two attached hydrogens (primary N) is 2. The van der Waals surface area contributed by atoms with Crippen molar-refractivity contribution >= 4 is 34.5 Å². The van der Waals surface area contributed by atoms with E-state index in [1.165, 1.54) is 17.7 Å². The topological polar surface area (TPSA) is 117 Å². The SMILES string of the molecule is CCN(C=N)c1ccc(-c2nnc(N=C(N)N)s2)cc1. The summed E-state index contributed by atoms with van der Waals surface area (Å²) in [7, 11) is 0. The number of nitrogens with zero attached hydrogens (tertiary/aromatic N) is 4. The van der Waals surface area contributed by atoms with E-state index < -0.39 is 0 Å². The third-order valence-electron chi connectivity index (χ3n) is 2.58. The summed E-state index contributed by atoms with van der Waals surface area (Å²) in [5.74, 6) is -0.0346. The average Bonchev–Trinajstić information content (AvgIpc) is 2.88. The first kappa shape index (κ1) is 13.9. The highest BCUT2D eigenvalue weighted by molar-refractivity contribution is 7.18. The Morgan fingerprint density at radius 3 is 2.60 bits per heavy atom. The minimum absolute atomic E-state index is 0.0346. The third kappa shape index (κ3) is 3.09. The van der Waals surface area contributed by atoms with Gasteiger partial charge in [0.05, 0.1) is 6.34 Å². The van der Waals surface area contributed by atoms with Crippen LogP contribution in [0.25, 0.3) is 10.6 Å². The first-order chi connectivity index (χ1) is 9.63. The molecule has 5 N–H and O–H groups in total. The highest BCUT2D eigenvalue weighted by Crippen LogP contribution is 2.29. The number of rotatable bonds is 5. The van der Waals surface area contributed by atoms with Crippen LogP contribution in [0.3, 0.4) is 0 Å². The molecule has 0 amide bonds. The van der Waals surface area contributed by atoms with Gasteiger partial charge in [-0.3, -0.25) is 5.41 Å². The Morgan fingerprint density at radius 1 is 1.35 bits per heavy atom. The van der Waals surface area contributed by atoms with Crippen LogP contribution in [-0.2, 0) is 0 Å². The van der Waals surface area contributed by atoms with Crippen LogP contribution in [0.15, 0.2) is 29.3 Å². The first-order valence-electron chi connectivity index (χ1n) is 5.95. The Kier molecular flexibility index (Phi) is 4.26. The summed E-state index contributed by atoms with van der Waals surface area (Å²) < 4.78 is 0. The molecule has 1 aromatic heterocycles. The molecule has 0 aliphatic rings. The van der Waals surface area contributed by atoms with Gasteiger partial charge in [0, 0.05) is 17.8 Å². The molecule has 7 nitrogen and oxygen atoms in total. The van der Waals surface area contributed by atoms with Crippen molar-refractivity contribution < 1.29 is 0 Å². The summed E-state index contributed by atoms with van der Waals surface area (Å²) in [6.45, 7) is 2.74. The standard InChI is InChI=1S/C12H15N7S/c1-2-19(7-13)9-5-3-8(4-6-9)10-17-18-12(20-10)16-11(14)15/h3-7,13H,2H2,1H3,(H4,14,15,16,18). The van der Waals surface area contributed by atoms with E-state index in [9.17, 15) is 0 Å². The third-order valence-corrected chi connectivity index (χ3v) is 3.45. The number of nitrogens with one attached hydrogen (secondary N) is 1. The molecule has 8 heteroatoms. The maximum Gasteiger partial charge on any atom is 0.235 e. The van der Waals surface area contributed by atoms with Crippen LogP contribution in [0.5, 0.6) is 0 Å². The second kappa shape index (κ2) is 6.11. The Balaban J connectivity index is 2.23. The lowest BCUT2D eigenvalue weighted by Crippen LogP contribution is -2.21. The molecule has 0 fully saturated rings. The van der Waals surface area contributed by atoms with Crippen molar-refractivity contribution in [1.29, 1.82) is 5.41 Å². The summed E-state index contributed by atoms with van der Waals surface area (Å²) in [5, 5.41) is 16.4. The van der Waals surface area contributed by atoms with E-state index in [0.29, 0.717) is 5.13 Å². The molecule has 0 radical (unpaired) electrons. The molecule has 20 heavy (non-hydrogen) atoms. The number of aromatic nitrogens is 2. The second-order valence-corrected chi connectivity index (χ2v) is 4.84. The van der Waals surface area contributed by atoms with E-state index in [4.69, 9.17) is 16.9 Å². The van der Waals surface area contributed by atoms with Gasteiger partial charge in [0.25, 0.3) is 0 Å². The van der Waals surface area contributed by atoms with Gasteiger partial charge in [-0.15, -0.1) is 10.2 Å². The molecular weight excluding hydrogens is 274 g/mol. The predicted octanol–water partition coefficient (Wildman–Crippen LogP) is 1.54. The molecule has 2 aromatic rings. The van der Waals surface area contributed by atoms with E-state index in [1.54, 1.807) is 0 Å². The molecule has 1 aromatic carbocycles. The van der Waals surface area contributed by atoms with Crippen molar-refractivity contribution in [2.75, 3.05) is 11.4 Å². The van der Waals surface area contributed by atoms with E-state index >= 15 is 0 Å². The zero-order valence-corrected chi connectivity index (χ0v) is 11.8. The van der Waals surface area contributed by atoms with Gasteiger partial charge in [0.2, 0.25) is 5.13 Å². The van der Waals surface area contributed by atoms with E-state index in [2.05, 4.69) is 15.2 Å². The molecular formula is C12H15N7S. The largest absolute Gasteiger partial charge is 0.370 e. The minimum Gasteiger partial charge on any atom is -0.370 e. The molecule has 0 saturated heterocycles. The van der Waals surface area contributed by atoms with Crippen molar-refractivity contribution in [2.45, 2.75) is 6.92 Å². The van der Waals surface area contributed by atoms with Gasteiger partial charge in [-0.1, -0.05) is 11.3 Å². The maximum atomic E-state index is 7.33. The monoisotopic (exact) mass is 289 g/mol. The van der Waals surface area contributed by atoms with Gasteiger partial charge in [0.15, 0.2) is 5.96 Å². The summed E-state index contributed by atoms with van der Waals surface area (Å²) in [6, 6.07) is 7.74. The quantitative estimate of drug-likeness (QED) is 0.570. The van der Waals surface area contributed by atoms with Crippen molar-refractivity contribution in [3.8, 4) is 10.6 Å². The minimum atomic E-state index is -0.0346. The van der Waals surface area contributed by atoms with Crippen LogP contribution >= 0.6 is 11.3 Å². The first-order valence-corrected chi connectivity index (χ1v) is 6.76. The van der Waals surface area contributed by atoms with Gasteiger partial charge in [-0.05, 0) is 31.2 Å². The van der Waals surface area contributed by atoms with Crippen LogP contribution < -0.4 is 16.4 Å². The van der Waals surface area contributed by atoms with Crippen LogP contribution in [0.2, 0.25) is 0 Å². The molecule has 0 aliphatic carbocycles. The van der Waals surface area contributed by atoms with Crippen LogP contribution in [0.1, 0.15) is 6.92 Å². The zero-order chi connectivity index (χ0) is 14.5. The maximum absolute atomic E-state index is 7.33. The fourth-order valence-electron chi connectivity index (χ4n) is 1.63. The number of benzene rings is 1. The highest BCUT2D eigenvalue weighted by atomic mass is 32.1. The lowest BCUT2D eigenvalue weighted by atomic mass is 10.2. The van der Waals surface area contributed by atoms with Gasteiger partial charge in [-0.25, -0.2) is 0 Å². The molecule has 0 bridgehead atoms. The Labute approximate surface area is 120 Å². The molecule has 0 unspecified atom stereocenters. The smallest absolute Gasteiger partial charge is 0.235 e. The number of aliphatic imine (C=N–C) groups is 1. The molecule has 0 atom stereocenters. The molecule has 0 aliphatic heterocycles. The second-order valence-electron chi connectivity index (χ2n) is 3.89. The zero-order valence-electron chi connectivity index (χ0n) is 10.9. The van der Waals surface area contributed by atoms with Crippen molar-refractivity contribution in [1.82, 2.24) is 10.2 Å². The average molecular weight is 289 g/mol. The number of anilines is 1. The van der Waals surface area contributed by atoms with Gasteiger partial charge in [0.1, 0.15) is 5.01 Å². The van der Waals surface area contributed by atoms with E-state index in [-0.39, 0.29) is 5.96 Å². The summed E-state index contributed by atoms with van der Waals surface area (Å²) in [6.07, 6.45) is 1.30. The van der Waals surface area contributed by atoms with Crippen LogP contribution in [0.4, 0.5) is 10.8 Å². The predicted molar refractivity (Wildman–Crippen MR) is 82.6 cm³/mol. The summed E-state index contributed by atoms with van der Waals surface area (Å²) in [4.78, 5) is 5.69. The summed E-state index contributed by atoms with van der Waals surface area (Å²) >= 11 is 1.31. The van der Waals surface area contributed by atoms with Gasteiger partial charge in [-0.2, -0.15) is 4.99 Å². The number of guanidine groups is 1. The van der Waals surface area contributed by atoms with Crippen molar-refractivity contribution in [2.24, 2.45) is 16.5 Å². The fourth-order valence-corrected chi connectivity index (χ4v) is 2.37. The molecule has 0 saturated carbocycles. The Hall–Kier alpha value is -2.48. The Morgan fingerprint density at radius 2 is 2.05 bits per heavy atom. The number of hydrogen-bond donors (Lipinski definition) is 3. The van der Waals surface area contributed by atoms with Crippen molar-refractivity contribution in [3.63, 3.8) is 0 Å². The number of hydrogen-bond acceptors (Lipinski definition) is 5. The van der Waals surface area contributed by atoms with E-state index in [0.717, 1.165) is 22.8 Å². The fraction of sp³-hybridized carbons (Fsp3) is 0.167. The van der Waals surface area contributed by atoms with Gasteiger partial charge < -0.3 is 16.4 Å². The van der Waals surface area contributed by atoms with Crippen molar-refractivity contribution in [3.05, 3.63) is 24.3 Å². The van der Waals surface area contributed by atoms with Crippen LogP contribution in [-0.4, -0.2) is 29.0 Å². The molecule has 2 rings (SSSR count). The normalized spacial score (nSPS) is 10.1. The molecule has 104 valence electrons.